The molecule has 114 valence electrons. The van der Waals surface area contributed by atoms with Crippen molar-refractivity contribution in [1.82, 2.24) is 9.88 Å². The Balaban J connectivity index is 1.54. The van der Waals surface area contributed by atoms with Gasteiger partial charge >= 0.3 is 0 Å². The zero-order valence-corrected chi connectivity index (χ0v) is 12.5. The molecule has 0 N–H and O–H groups in total. The number of anilines is 1. The van der Waals surface area contributed by atoms with Gasteiger partial charge in [-0.2, -0.15) is 0 Å². The molecule has 0 radical (unpaired) electrons. The topological polar surface area (TPSA) is 45.7 Å². The summed E-state index contributed by atoms with van der Waals surface area (Å²) in [5.74, 6) is 1.29. The maximum Gasteiger partial charge on any atom is 0.223 e. The smallest absolute Gasteiger partial charge is 0.223 e. The summed E-state index contributed by atoms with van der Waals surface area (Å²) in [4.78, 5) is 20.8. The van der Waals surface area contributed by atoms with Crippen molar-refractivity contribution < 1.29 is 9.53 Å². The Labute approximate surface area is 125 Å². The number of carbonyl (C=O) groups is 1. The van der Waals surface area contributed by atoms with E-state index in [9.17, 15) is 4.79 Å². The van der Waals surface area contributed by atoms with E-state index in [2.05, 4.69) is 16.0 Å². The van der Waals surface area contributed by atoms with E-state index in [0.717, 1.165) is 38.4 Å². The van der Waals surface area contributed by atoms with Gasteiger partial charge in [0.15, 0.2) is 0 Å². The van der Waals surface area contributed by atoms with Gasteiger partial charge in [-0.15, -0.1) is 0 Å². The molecule has 0 aromatic carbocycles. The summed E-state index contributed by atoms with van der Waals surface area (Å²) in [6.07, 6.45) is 5.73. The first-order valence-corrected chi connectivity index (χ1v) is 7.88. The molecule has 0 spiro atoms. The Morgan fingerprint density at radius 3 is 2.71 bits per heavy atom. The second-order valence-electron chi connectivity index (χ2n) is 5.71. The average molecular weight is 289 g/mol. The zero-order chi connectivity index (χ0) is 14.5. The van der Waals surface area contributed by atoms with Crippen molar-refractivity contribution in [3.8, 4) is 0 Å². The first-order chi connectivity index (χ1) is 10.3. The minimum atomic E-state index is 0.234. The lowest BCUT2D eigenvalue weighted by Crippen LogP contribution is -2.40. The molecule has 2 saturated heterocycles. The highest BCUT2D eigenvalue weighted by atomic mass is 16.5. The second-order valence-corrected chi connectivity index (χ2v) is 5.71. The number of pyridine rings is 1. The molecule has 0 saturated carbocycles. The summed E-state index contributed by atoms with van der Waals surface area (Å²) in [7, 11) is 0. The van der Waals surface area contributed by atoms with Crippen LogP contribution in [0, 0.1) is 0 Å². The van der Waals surface area contributed by atoms with Crippen molar-refractivity contribution in [3.05, 3.63) is 23.9 Å². The van der Waals surface area contributed by atoms with Gasteiger partial charge in [0.05, 0.1) is 13.2 Å². The van der Waals surface area contributed by atoms with Crippen LogP contribution in [0.1, 0.15) is 24.8 Å². The monoisotopic (exact) mass is 289 g/mol. The van der Waals surface area contributed by atoms with E-state index in [1.165, 1.54) is 18.4 Å². The van der Waals surface area contributed by atoms with Crippen molar-refractivity contribution in [2.45, 2.75) is 25.7 Å². The summed E-state index contributed by atoms with van der Waals surface area (Å²) < 4.78 is 5.28. The quantitative estimate of drug-likeness (QED) is 0.842. The minimum Gasteiger partial charge on any atom is -0.378 e. The highest BCUT2D eigenvalue weighted by Crippen LogP contribution is 2.19. The maximum absolute atomic E-state index is 12.2. The number of aromatic nitrogens is 1. The first-order valence-electron chi connectivity index (χ1n) is 7.88. The lowest BCUT2D eigenvalue weighted by molar-refractivity contribution is -0.135. The molecule has 3 rings (SSSR count). The molecular formula is C16H23N3O2. The minimum absolute atomic E-state index is 0.234. The van der Waals surface area contributed by atoms with E-state index in [1.807, 2.05) is 17.2 Å². The van der Waals surface area contributed by atoms with E-state index >= 15 is 0 Å². The number of aryl methyl sites for hydroxylation is 1. The Morgan fingerprint density at radius 1 is 1.19 bits per heavy atom. The second kappa shape index (κ2) is 6.89. The predicted octanol–water partition coefficient (Wildman–Crippen LogP) is 1.47. The Bertz CT molecular complexity index is 480. The van der Waals surface area contributed by atoms with Crippen LogP contribution in [0.15, 0.2) is 18.3 Å². The van der Waals surface area contributed by atoms with E-state index in [-0.39, 0.29) is 5.91 Å². The average Bonchev–Trinajstić information content (AvgIpc) is 3.08. The van der Waals surface area contributed by atoms with Gasteiger partial charge in [0.25, 0.3) is 0 Å². The molecule has 5 nitrogen and oxygen atoms in total. The number of hydrogen-bond donors (Lipinski definition) is 0. The van der Waals surface area contributed by atoms with Crippen LogP contribution in [0.25, 0.3) is 0 Å². The lowest BCUT2D eigenvalue weighted by atomic mass is 10.1. The largest absolute Gasteiger partial charge is 0.378 e. The molecule has 1 aromatic heterocycles. The van der Waals surface area contributed by atoms with Crippen LogP contribution in [0.5, 0.6) is 0 Å². The summed E-state index contributed by atoms with van der Waals surface area (Å²) in [5.41, 5.74) is 1.20. The third-order valence-corrected chi connectivity index (χ3v) is 4.23. The molecule has 2 fully saturated rings. The highest BCUT2D eigenvalue weighted by Gasteiger charge is 2.17. The van der Waals surface area contributed by atoms with Crippen LogP contribution in [0.4, 0.5) is 5.82 Å². The van der Waals surface area contributed by atoms with Gasteiger partial charge in [0.1, 0.15) is 5.82 Å². The standard InChI is InChI=1S/C16H23N3O2/c20-16(19-9-11-21-12-10-19)4-3-14-5-6-17-15(13-14)18-7-1-2-8-18/h5-6,13H,1-4,7-12H2. The molecular weight excluding hydrogens is 266 g/mol. The van der Waals surface area contributed by atoms with Gasteiger partial charge in [-0.05, 0) is 37.0 Å². The van der Waals surface area contributed by atoms with Crippen LogP contribution in [0.3, 0.4) is 0 Å². The van der Waals surface area contributed by atoms with Gasteiger partial charge < -0.3 is 14.5 Å². The number of morpholine rings is 1. The van der Waals surface area contributed by atoms with Crippen molar-refractivity contribution in [2.24, 2.45) is 0 Å². The molecule has 2 aliphatic rings. The molecule has 1 amide bonds. The molecule has 0 unspecified atom stereocenters. The summed E-state index contributed by atoms with van der Waals surface area (Å²) in [5, 5.41) is 0. The van der Waals surface area contributed by atoms with Gasteiger partial charge in [0, 0.05) is 38.8 Å². The van der Waals surface area contributed by atoms with Crippen molar-refractivity contribution in [3.63, 3.8) is 0 Å². The summed E-state index contributed by atoms with van der Waals surface area (Å²) in [6, 6.07) is 4.16. The van der Waals surface area contributed by atoms with Crippen LogP contribution < -0.4 is 4.90 Å². The van der Waals surface area contributed by atoms with E-state index in [4.69, 9.17) is 4.74 Å². The van der Waals surface area contributed by atoms with Crippen LogP contribution in [0.2, 0.25) is 0 Å². The van der Waals surface area contributed by atoms with Gasteiger partial charge in [0.2, 0.25) is 5.91 Å². The first kappa shape index (κ1) is 14.3. The molecule has 5 heteroatoms. The van der Waals surface area contributed by atoms with Gasteiger partial charge in [-0.1, -0.05) is 0 Å². The molecule has 1 aromatic rings. The Hall–Kier alpha value is -1.62. The summed E-state index contributed by atoms with van der Waals surface area (Å²) in [6.45, 7) is 4.99. The molecule has 2 aliphatic heterocycles. The SMILES string of the molecule is O=C(CCc1ccnc(N2CCCC2)c1)N1CCOCC1. The van der Waals surface area contributed by atoms with Crippen LogP contribution in [-0.2, 0) is 16.0 Å². The normalized spacial score (nSPS) is 19.0. The fraction of sp³-hybridized carbons (Fsp3) is 0.625. The zero-order valence-electron chi connectivity index (χ0n) is 12.5. The van der Waals surface area contributed by atoms with E-state index < -0.39 is 0 Å². The molecule has 21 heavy (non-hydrogen) atoms. The van der Waals surface area contributed by atoms with Crippen LogP contribution >= 0.6 is 0 Å². The fourth-order valence-corrected chi connectivity index (χ4v) is 2.96. The third-order valence-electron chi connectivity index (χ3n) is 4.23. The number of nitrogens with zero attached hydrogens (tertiary/aromatic N) is 3. The molecule has 0 bridgehead atoms. The number of rotatable bonds is 4. The van der Waals surface area contributed by atoms with E-state index in [1.54, 1.807) is 0 Å². The molecule has 0 aliphatic carbocycles. The molecule has 3 heterocycles. The van der Waals surface area contributed by atoms with Crippen molar-refractivity contribution >= 4 is 11.7 Å². The van der Waals surface area contributed by atoms with Crippen LogP contribution in [-0.4, -0.2) is 55.2 Å². The number of hydrogen-bond acceptors (Lipinski definition) is 4. The maximum atomic E-state index is 12.2. The number of carbonyl (C=O) groups excluding carboxylic acids is 1. The van der Waals surface area contributed by atoms with Gasteiger partial charge in [-0.25, -0.2) is 4.98 Å². The fourth-order valence-electron chi connectivity index (χ4n) is 2.96. The number of amides is 1. The Morgan fingerprint density at radius 2 is 1.95 bits per heavy atom. The lowest BCUT2D eigenvalue weighted by Gasteiger charge is -2.26. The van der Waals surface area contributed by atoms with Gasteiger partial charge in [-0.3, -0.25) is 4.79 Å². The van der Waals surface area contributed by atoms with Crippen molar-refractivity contribution in [2.75, 3.05) is 44.3 Å². The molecule has 0 atom stereocenters. The summed E-state index contributed by atoms with van der Waals surface area (Å²) >= 11 is 0. The Kier molecular flexibility index (Phi) is 4.70. The predicted molar refractivity (Wildman–Crippen MR) is 81.4 cm³/mol. The number of ether oxygens (including phenoxy) is 1. The van der Waals surface area contributed by atoms with Crippen molar-refractivity contribution in [1.29, 1.82) is 0 Å². The van der Waals surface area contributed by atoms with E-state index in [0.29, 0.717) is 19.6 Å². The third kappa shape index (κ3) is 3.73. The highest BCUT2D eigenvalue weighted by molar-refractivity contribution is 5.76.